The lowest BCUT2D eigenvalue weighted by atomic mass is 10.3. The SMILES string of the molecule is CCOC(=O)Cn1c(C)[n+](C)c2ccccc21. The van der Waals surface area contributed by atoms with Crippen LogP contribution in [-0.2, 0) is 23.1 Å². The zero-order chi connectivity index (χ0) is 12.4. The normalized spacial score (nSPS) is 10.8. The van der Waals surface area contributed by atoms with Crippen LogP contribution in [0.25, 0.3) is 11.0 Å². The first-order valence-corrected chi connectivity index (χ1v) is 5.74. The van der Waals surface area contributed by atoms with Crippen LogP contribution in [0.1, 0.15) is 12.7 Å². The van der Waals surface area contributed by atoms with Crippen LogP contribution in [0.4, 0.5) is 0 Å². The number of benzene rings is 1. The van der Waals surface area contributed by atoms with Gasteiger partial charge in [0.15, 0.2) is 17.6 Å². The number of hydrogen-bond acceptors (Lipinski definition) is 2. The van der Waals surface area contributed by atoms with E-state index >= 15 is 0 Å². The molecule has 0 atom stereocenters. The Hall–Kier alpha value is -1.84. The molecule has 0 fully saturated rings. The van der Waals surface area contributed by atoms with E-state index in [0.29, 0.717) is 6.61 Å². The smallest absolute Gasteiger partial charge is 0.348 e. The van der Waals surface area contributed by atoms with Crippen molar-refractivity contribution in [2.45, 2.75) is 20.4 Å². The highest BCUT2D eigenvalue weighted by molar-refractivity contribution is 5.76. The third-order valence-electron chi connectivity index (χ3n) is 3.00. The Bertz CT molecular complexity index is 558. The summed E-state index contributed by atoms with van der Waals surface area (Å²) in [4.78, 5) is 11.6. The van der Waals surface area contributed by atoms with Crippen molar-refractivity contribution < 1.29 is 14.1 Å². The number of para-hydroxylation sites is 2. The van der Waals surface area contributed by atoms with Crippen molar-refractivity contribution in [3.63, 3.8) is 0 Å². The van der Waals surface area contributed by atoms with Gasteiger partial charge in [0.2, 0.25) is 0 Å². The van der Waals surface area contributed by atoms with Gasteiger partial charge in [0, 0.05) is 6.92 Å². The molecule has 0 aliphatic heterocycles. The van der Waals surface area contributed by atoms with Crippen molar-refractivity contribution in [2.24, 2.45) is 7.05 Å². The predicted molar refractivity (Wildman–Crippen MR) is 64.5 cm³/mol. The number of carbonyl (C=O) groups is 1. The van der Waals surface area contributed by atoms with E-state index in [1.165, 1.54) is 0 Å². The van der Waals surface area contributed by atoms with Crippen LogP contribution in [-0.4, -0.2) is 17.1 Å². The van der Waals surface area contributed by atoms with Gasteiger partial charge in [0.05, 0.1) is 13.7 Å². The van der Waals surface area contributed by atoms with E-state index in [2.05, 4.69) is 4.57 Å². The third-order valence-corrected chi connectivity index (χ3v) is 3.00. The van der Waals surface area contributed by atoms with Gasteiger partial charge in [-0.05, 0) is 19.1 Å². The quantitative estimate of drug-likeness (QED) is 0.592. The fraction of sp³-hybridized carbons (Fsp3) is 0.385. The molecule has 0 saturated heterocycles. The summed E-state index contributed by atoms with van der Waals surface area (Å²) in [5.74, 6) is 0.844. The summed E-state index contributed by atoms with van der Waals surface area (Å²) >= 11 is 0. The van der Waals surface area contributed by atoms with Crippen molar-refractivity contribution in [1.29, 1.82) is 0 Å². The molecule has 0 aliphatic rings. The molecule has 0 radical (unpaired) electrons. The number of rotatable bonds is 3. The topological polar surface area (TPSA) is 35.1 Å². The van der Waals surface area contributed by atoms with Crippen LogP contribution < -0.4 is 4.57 Å². The Morgan fingerprint density at radius 2 is 2.12 bits per heavy atom. The van der Waals surface area contributed by atoms with Crippen LogP contribution >= 0.6 is 0 Å². The number of hydrogen-bond donors (Lipinski definition) is 0. The summed E-state index contributed by atoms with van der Waals surface area (Å²) in [5.41, 5.74) is 2.18. The lowest BCUT2D eigenvalue weighted by Crippen LogP contribution is -2.31. The van der Waals surface area contributed by atoms with Crippen LogP contribution in [0.3, 0.4) is 0 Å². The monoisotopic (exact) mass is 233 g/mol. The summed E-state index contributed by atoms with van der Waals surface area (Å²) in [7, 11) is 2.00. The number of carbonyl (C=O) groups excluding carboxylic acids is 1. The first-order valence-electron chi connectivity index (χ1n) is 5.74. The average molecular weight is 233 g/mol. The van der Waals surface area contributed by atoms with E-state index in [1.54, 1.807) is 0 Å². The maximum Gasteiger partial charge on any atom is 0.348 e. The fourth-order valence-electron chi connectivity index (χ4n) is 2.04. The van der Waals surface area contributed by atoms with Crippen LogP contribution in [0, 0.1) is 6.92 Å². The molecule has 1 heterocycles. The predicted octanol–water partition coefficient (Wildman–Crippen LogP) is 1.34. The maximum absolute atomic E-state index is 11.6. The number of imidazole rings is 1. The highest BCUT2D eigenvalue weighted by atomic mass is 16.5. The highest BCUT2D eigenvalue weighted by Crippen LogP contribution is 2.13. The molecular weight excluding hydrogens is 216 g/mol. The summed E-state index contributed by atoms with van der Waals surface area (Å²) in [6.07, 6.45) is 0. The second-order valence-electron chi connectivity index (χ2n) is 3.99. The van der Waals surface area contributed by atoms with Gasteiger partial charge in [-0.25, -0.2) is 13.9 Å². The van der Waals surface area contributed by atoms with Crippen molar-refractivity contribution in [1.82, 2.24) is 4.57 Å². The summed E-state index contributed by atoms with van der Waals surface area (Å²) in [6.45, 7) is 4.50. The molecule has 2 aromatic rings. The molecule has 0 bridgehead atoms. The summed E-state index contributed by atoms with van der Waals surface area (Å²) < 4.78 is 9.05. The zero-order valence-corrected chi connectivity index (χ0v) is 10.4. The van der Waals surface area contributed by atoms with E-state index in [1.807, 2.05) is 49.7 Å². The molecular formula is C13H17N2O2+. The molecule has 1 aromatic heterocycles. The van der Waals surface area contributed by atoms with Crippen molar-refractivity contribution in [2.75, 3.05) is 6.61 Å². The molecule has 90 valence electrons. The molecule has 0 N–H and O–H groups in total. The minimum absolute atomic E-state index is 0.197. The Kier molecular flexibility index (Phi) is 3.13. The second-order valence-corrected chi connectivity index (χ2v) is 3.99. The van der Waals surface area contributed by atoms with Gasteiger partial charge in [0.25, 0.3) is 5.82 Å². The number of esters is 1. The molecule has 4 nitrogen and oxygen atoms in total. The zero-order valence-electron chi connectivity index (χ0n) is 10.4. The van der Waals surface area contributed by atoms with Crippen LogP contribution in [0.2, 0.25) is 0 Å². The number of aromatic nitrogens is 2. The Labute approximate surface area is 100 Å². The molecule has 17 heavy (non-hydrogen) atoms. The number of fused-ring (bicyclic) bond motifs is 1. The minimum atomic E-state index is -0.197. The lowest BCUT2D eigenvalue weighted by molar-refractivity contribution is -0.652. The molecule has 0 spiro atoms. The molecule has 4 heteroatoms. The molecule has 1 aromatic carbocycles. The highest BCUT2D eigenvalue weighted by Gasteiger charge is 2.20. The average Bonchev–Trinajstić information content (AvgIpc) is 2.56. The minimum Gasteiger partial charge on any atom is -0.463 e. The van der Waals surface area contributed by atoms with Crippen molar-refractivity contribution in [3.05, 3.63) is 30.1 Å². The van der Waals surface area contributed by atoms with E-state index in [9.17, 15) is 4.79 Å². The first kappa shape index (κ1) is 11.6. The van der Waals surface area contributed by atoms with E-state index in [0.717, 1.165) is 16.9 Å². The number of aryl methyl sites for hydroxylation is 1. The van der Waals surface area contributed by atoms with Crippen LogP contribution in [0.5, 0.6) is 0 Å². The second kappa shape index (κ2) is 4.57. The van der Waals surface area contributed by atoms with Gasteiger partial charge in [-0.2, -0.15) is 0 Å². The standard InChI is InChI=1S/C13H17N2O2/c1-4-17-13(16)9-15-10(2)14(3)11-7-5-6-8-12(11)15/h5-8H,4,9H2,1-3H3/q+1. The molecule has 0 aliphatic carbocycles. The van der Waals surface area contributed by atoms with Crippen molar-refractivity contribution in [3.8, 4) is 0 Å². The third kappa shape index (κ3) is 2.02. The van der Waals surface area contributed by atoms with Gasteiger partial charge in [-0.15, -0.1) is 0 Å². The lowest BCUT2D eigenvalue weighted by Gasteiger charge is -2.00. The Morgan fingerprint density at radius 3 is 2.82 bits per heavy atom. The van der Waals surface area contributed by atoms with E-state index < -0.39 is 0 Å². The van der Waals surface area contributed by atoms with Crippen LogP contribution in [0.15, 0.2) is 24.3 Å². The largest absolute Gasteiger partial charge is 0.463 e. The Morgan fingerprint density at radius 1 is 1.41 bits per heavy atom. The molecule has 0 saturated carbocycles. The van der Waals surface area contributed by atoms with Gasteiger partial charge in [-0.1, -0.05) is 12.1 Å². The molecule has 2 rings (SSSR count). The van der Waals surface area contributed by atoms with Gasteiger partial charge in [-0.3, -0.25) is 0 Å². The maximum atomic E-state index is 11.6. The number of ether oxygens (including phenoxy) is 1. The number of nitrogens with zero attached hydrogens (tertiary/aromatic N) is 2. The molecule has 0 unspecified atom stereocenters. The summed E-state index contributed by atoms with van der Waals surface area (Å²) in [5, 5.41) is 0. The van der Waals surface area contributed by atoms with Gasteiger partial charge < -0.3 is 4.74 Å². The van der Waals surface area contributed by atoms with Gasteiger partial charge in [0.1, 0.15) is 0 Å². The summed E-state index contributed by atoms with van der Waals surface area (Å²) in [6, 6.07) is 8.03. The first-order chi connectivity index (χ1) is 8.15. The fourth-order valence-corrected chi connectivity index (χ4v) is 2.04. The van der Waals surface area contributed by atoms with Crippen molar-refractivity contribution >= 4 is 17.0 Å². The van der Waals surface area contributed by atoms with E-state index in [-0.39, 0.29) is 12.5 Å². The Balaban J connectivity index is 2.46. The van der Waals surface area contributed by atoms with E-state index in [4.69, 9.17) is 4.74 Å². The van der Waals surface area contributed by atoms with Gasteiger partial charge >= 0.3 is 5.97 Å². The molecule has 0 amide bonds.